The molecule has 0 N–H and O–H groups in total. The van der Waals surface area contributed by atoms with Crippen LogP contribution in [0.1, 0.15) is 38.7 Å². The van der Waals surface area contributed by atoms with Gasteiger partial charge in [0.25, 0.3) is 0 Å². The van der Waals surface area contributed by atoms with Crippen LogP contribution in [0.25, 0.3) is 0 Å². The van der Waals surface area contributed by atoms with Gasteiger partial charge in [-0.2, -0.15) is 0 Å². The highest BCUT2D eigenvalue weighted by Gasteiger charge is 2.31. The Bertz CT molecular complexity index is 513. The molecule has 0 radical (unpaired) electrons. The second-order valence-electron chi connectivity index (χ2n) is 6.47. The van der Waals surface area contributed by atoms with Gasteiger partial charge in [-0.3, -0.25) is 0 Å². The molecule has 0 bridgehead atoms. The number of benzene rings is 1. The van der Waals surface area contributed by atoms with Crippen LogP contribution in [0.3, 0.4) is 0 Å². The van der Waals surface area contributed by atoms with E-state index in [1.54, 1.807) is 4.31 Å². The molecule has 1 fully saturated rings. The maximum atomic E-state index is 12.3. The largest absolute Gasteiger partial charge is 0.214 e. The molecule has 0 saturated carbocycles. The first-order valence-electron chi connectivity index (χ1n) is 7.41. The molecular formula is C16H25NO2S. The van der Waals surface area contributed by atoms with Crippen LogP contribution >= 0.6 is 0 Å². The van der Waals surface area contributed by atoms with Gasteiger partial charge in [-0.15, -0.1) is 0 Å². The van der Waals surface area contributed by atoms with Crippen LogP contribution < -0.4 is 0 Å². The Hall–Kier alpha value is -0.870. The number of sulfonamides is 1. The van der Waals surface area contributed by atoms with Crippen LogP contribution in [0.2, 0.25) is 0 Å². The summed E-state index contributed by atoms with van der Waals surface area (Å²) in [6.45, 7) is 5.79. The normalized spacial score (nSPS) is 19.9. The lowest BCUT2D eigenvalue weighted by atomic mass is 9.83. The van der Waals surface area contributed by atoms with Crippen molar-refractivity contribution in [2.45, 2.75) is 39.5 Å². The van der Waals surface area contributed by atoms with E-state index in [1.807, 2.05) is 18.2 Å². The fraction of sp³-hybridized carbons (Fsp3) is 0.625. The van der Waals surface area contributed by atoms with E-state index in [1.165, 1.54) is 5.56 Å². The number of rotatable bonds is 5. The van der Waals surface area contributed by atoms with Crippen LogP contribution in [0.5, 0.6) is 0 Å². The van der Waals surface area contributed by atoms with Gasteiger partial charge in [0, 0.05) is 13.1 Å². The fourth-order valence-electron chi connectivity index (χ4n) is 2.60. The third kappa shape index (κ3) is 4.32. The van der Waals surface area contributed by atoms with Crippen LogP contribution in [0.4, 0.5) is 0 Å². The van der Waals surface area contributed by atoms with E-state index < -0.39 is 10.0 Å². The monoisotopic (exact) mass is 295 g/mol. The zero-order valence-electron chi connectivity index (χ0n) is 12.5. The summed E-state index contributed by atoms with van der Waals surface area (Å²) in [6, 6.07) is 10.1. The van der Waals surface area contributed by atoms with E-state index in [0.29, 0.717) is 19.5 Å². The van der Waals surface area contributed by atoms with Crippen molar-refractivity contribution < 1.29 is 8.42 Å². The summed E-state index contributed by atoms with van der Waals surface area (Å²) in [5.74, 6) is 0.266. The summed E-state index contributed by atoms with van der Waals surface area (Å²) in [5.41, 5.74) is 1.50. The minimum atomic E-state index is -3.07. The van der Waals surface area contributed by atoms with Crippen molar-refractivity contribution in [3.8, 4) is 0 Å². The molecule has 1 aromatic carbocycles. The van der Waals surface area contributed by atoms with Crippen LogP contribution in [0, 0.1) is 5.41 Å². The van der Waals surface area contributed by atoms with Gasteiger partial charge in [0.15, 0.2) is 0 Å². The van der Waals surface area contributed by atoms with E-state index in [4.69, 9.17) is 0 Å². The first kappa shape index (κ1) is 15.5. The Balaban J connectivity index is 1.83. The molecule has 20 heavy (non-hydrogen) atoms. The molecule has 2 rings (SSSR count). The highest BCUT2D eigenvalue weighted by Crippen LogP contribution is 2.31. The average molecular weight is 295 g/mol. The molecule has 1 saturated heterocycles. The maximum Gasteiger partial charge on any atom is 0.214 e. The first-order valence-corrected chi connectivity index (χ1v) is 9.02. The van der Waals surface area contributed by atoms with E-state index in [-0.39, 0.29) is 11.2 Å². The molecule has 4 heteroatoms. The van der Waals surface area contributed by atoms with E-state index in [0.717, 1.165) is 19.3 Å². The molecule has 0 unspecified atom stereocenters. The van der Waals surface area contributed by atoms with Gasteiger partial charge in [0.1, 0.15) is 0 Å². The molecule has 0 aliphatic carbocycles. The second kappa shape index (κ2) is 6.27. The highest BCUT2D eigenvalue weighted by atomic mass is 32.2. The standard InChI is InChI=1S/C16H25NO2S/c1-16(2)10-12-17(13-11-16)20(18,19)14-6-9-15-7-4-3-5-8-15/h3-5,7-8H,6,9-14H2,1-2H3. The van der Waals surface area contributed by atoms with Gasteiger partial charge in [0.2, 0.25) is 10.0 Å². The quantitative estimate of drug-likeness (QED) is 0.837. The zero-order chi connectivity index (χ0) is 14.6. The predicted octanol–water partition coefficient (Wildman–Crippen LogP) is 3.07. The van der Waals surface area contributed by atoms with Crippen molar-refractivity contribution in [1.29, 1.82) is 0 Å². The maximum absolute atomic E-state index is 12.3. The summed E-state index contributed by atoms with van der Waals surface area (Å²) in [5, 5.41) is 0. The predicted molar refractivity (Wildman–Crippen MR) is 83.1 cm³/mol. The van der Waals surface area contributed by atoms with E-state index in [2.05, 4.69) is 26.0 Å². The lowest BCUT2D eigenvalue weighted by molar-refractivity contribution is 0.196. The third-order valence-electron chi connectivity index (χ3n) is 4.18. The molecule has 1 aliphatic heterocycles. The average Bonchev–Trinajstić information content (AvgIpc) is 2.39. The van der Waals surface area contributed by atoms with Crippen molar-refractivity contribution in [1.82, 2.24) is 4.31 Å². The number of aryl methyl sites for hydroxylation is 1. The zero-order valence-corrected chi connectivity index (χ0v) is 13.3. The van der Waals surface area contributed by atoms with Crippen molar-refractivity contribution >= 4 is 10.0 Å². The van der Waals surface area contributed by atoms with Crippen molar-refractivity contribution in [3.05, 3.63) is 35.9 Å². The molecule has 1 heterocycles. The molecule has 0 aromatic heterocycles. The Morgan fingerprint density at radius 1 is 1.10 bits per heavy atom. The number of nitrogens with zero attached hydrogens (tertiary/aromatic N) is 1. The van der Waals surface area contributed by atoms with Crippen molar-refractivity contribution in [2.75, 3.05) is 18.8 Å². The van der Waals surface area contributed by atoms with Crippen molar-refractivity contribution in [2.24, 2.45) is 5.41 Å². The van der Waals surface area contributed by atoms with Crippen LogP contribution in [-0.4, -0.2) is 31.6 Å². The van der Waals surface area contributed by atoms with Crippen LogP contribution in [0.15, 0.2) is 30.3 Å². The van der Waals surface area contributed by atoms with Gasteiger partial charge < -0.3 is 0 Å². The summed E-state index contributed by atoms with van der Waals surface area (Å²) in [7, 11) is -3.07. The molecule has 3 nitrogen and oxygen atoms in total. The Morgan fingerprint density at radius 2 is 1.70 bits per heavy atom. The van der Waals surface area contributed by atoms with E-state index >= 15 is 0 Å². The Morgan fingerprint density at radius 3 is 2.30 bits per heavy atom. The molecule has 0 spiro atoms. The third-order valence-corrected chi connectivity index (χ3v) is 6.14. The molecular weight excluding hydrogens is 270 g/mol. The Labute approximate surface area is 123 Å². The van der Waals surface area contributed by atoms with Gasteiger partial charge >= 0.3 is 0 Å². The highest BCUT2D eigenvalue weighted by molar-refractivity contribution is 7.89. The number of piperidine rings is 1. The molecule has 1 aromatic rings. The summed E-state index contributed by atoms with van der Waals surface area (Å²) >= 11 is 0. The van der Waals surface area contributed by atoms with Gasteiger partial charge in [-0.1, -0.05) is 44.2 Å². The topological polar surface area (TPSA) is 37.4 Å². The van der Waals surface area contributed by atoms with Gasteiger partial charge in [-0.25, -0.2) is 12.7 Å². The minimum absolute atomic E-state index is 0.266. The van der Waals surface area contributed by atoms with Crippen LogP contribution in [-0.2, 0) is 16.4 Å². The van der Waals surface area contributed by atoms with Crippen molar-refractivity contribution in [3.63, 3.8) is 0 Å². The molecule has 1 aliphatic rings. The fourth-order valence-corrected chi connectivity index (χ4v) is 4.11. The Kier molecular flexibility index (Phi) is 4.86. The molecule has 0 amide bonds. The summed E-state index contributed by atoms with van der Waals surface area (Å²) in [4.78, 5) is 0. The minimum Gasteiger partial charge on any atom is -0.212 e. The first-order chi connectivity index (χ1) is 9.39. The van der Waals surface area contributed by atoms with Gasteiger partial charge in [0.05, 0.1) is 5.75 Å². The summed E-state index contributed by atoms with van der Waals surface area (Å²) in [6.07, 6.45) is 3.46. The van der Waals surface area contributed by atoms with E-state index in [9.17, 15) is 8.42 Å². The lowest BCUT2D eigenvalue weighted by Crippen LogP contribution is -2.42. The number of hydrogen-bond acceptors (Lipinski definition) is 2. The molecule has 112 valence electrons. The molecule has 0 atom stereocenters. The summed E-state index contributed by atoms with van der Waals surface area (Å²) < 4.78 is 26.3. The SMILES string of the molecule is CC1(C)CCN(S(=O)(=O)CCCc2ccccc2)CC1. The number of hydrogen-bond donors (Lipinski definition) is 0. The van der Waals surface area contributed by atoms with Gasteiger partial charge in [-0.05, 0) is 36.7 Å². The lowest BCUT2D eigenvalue weighted by Gasteiger charge is -2.36. The smallest absolute Gasteiger partial charge is 0.212 e. The second-order valence-corrected chi connectivity index (χ2v) is 8.56.